The second kappa shape index (κ2) is 7.29. The number of methoxy groups -OCH3 is 1. The molecule has 2 aliphatic rings. The fourth-order valence-corrected chi connectivity index (χ4v) is 6.17. The van der Waals surface area contributed by atoms with E-state index in [9.17, 15) is 10.1 Å². The highest BCUT2D eigenvalue weighted by molar-refractivity contribution is 9.10. The maximum absolute atomic E-state index is 11.6. The molecule has 0 saturated carbocycles. The van der Waals surface area contributed by atoms with E-state index < -0.39 is 0 Å². The number of rotatable bonds is 4. The summed E-state index contributed by atoms with van der Waals surface area (Å²) in [4.78, 5) is 11.3. The molecule has 1 atom stereocenters. The summed E-state index contributed by atoms with van der Waals surface area (Å²) in [5.41, 5.74) is 9.34. The molecule has 33 heavy (non-hydrogen) atoms. The van der Waals surface area contributed by atoms with Crippen LogP contribution in [0.4, 0.5) is 5.69 Å². The van der Waals surface area contributed by atoms with Crippen LogP contribution in [0, 0.1) is 10.1 Å². The number of halogens is 1. The largest absolute Gasteiger partial charge is 0.497 e. The number of nitro groups is 1. The highest BCUT2D eigenvalue weighted by atomic mass is 79.9. The fourth-order valence-electron chi connectivity index (χ4n) is 5.78. The SMILES string of the molecule is COc1ccc(Br)c(CC23Cc4cc([N+](=O)[O-])ccc4-c4cccc(c42)-c2ccccc23)c1. The maximum atomic E-state index is 11.6. The van der Waals surface area contributed by atoms with E-state index in [0.717, 1.165) is 33.3 Å². The molecular weight excluding hydrogens is 478 g/mol. The van der Waals surface area contributed by atoms with Crippen molar-refractivity contribution in [1.29, 1.82) is 0 Å². The maximum Gasteiger partial charge on any atom is 0.269 e. The van der Waals surface area contributed by atoms with Gasteiger partial charge in [-0.25, -0.2) is 0 Å². The molecule has 2 aliphatic carbocycles. The Bertz CT molecular complexity index is 1460. The summed E-state index contributed by atoms with van der Waals surface area (Å²) in [5, 5.41) is 11.6. The Kier molecular flexibility index (Phi) is 4.46. The highest BCUT2D eigenvalue weighted by Crippen LogP contribution is 2.58. The summed E-state index contributed by atoms with van der Waals surface area (Å²) >= 11 is 3.75. The Labute approximate surface area is 200 Å². The summed E-state index contributed by atoms with van der Waals surface area (Å²) in [6.45, 7) is 0. The summed E-state index contributed by atoms with van der Waals surface area (Å²) in [5.74, 6) is 0.816. The fraction of sp³-hybridized carbons (Fsp3) is 0.143. The van der Waals surface area contributed by atoms with Gasteiger partial charge in [-0.1, -0.05) is 58.4 Å². The first-order valence-electron chi connectivity index (χ1n) is 10.9. The van der Waals surface area contributed by atoms with Gasteiger partial charge in [0.1, 0.15) is 5.75 Å². The van der Waals surface area contributed by atoms with Crippen molar-refractivity contribution in [2.45, 2.75) is 18.3 Å². The van der Waals surface area contributed by atoms with Crippen LogP contribution in [0.25, 0.3) is 22.3 Å². The zero-order valence-electron chi connectivity index (χ0n) is 18.0. The Morgan fingerprint density at radius 1 is 0.939 bits per heavy atom. The second-order valence-electron chi connectivity index (χ2n) is 8.77. The summed E-state index contributed by atoms with van der Waals surface area (Å²) in [6.07, 6.45) is 1.46. The van der Waals surface area contributed by atoms with Crippen LogP contribution in [0.15, 0.2) is 83.3 Å². The zero-order valence-corrected chi connectivity index (χ0v) is 19.6. The van der Waals surface area contributed by atoms with Gasteiger partial charge in [-0.3, -0.25) is 10.1 Å². The minimum Gasteiger partial charge on any atom is -0.497 e. The van der Waals surface area contributed by atoms with E-state index in [1.807, 2.05) is 18.2 Å². The van der Waals surface area contributed by atoms with Crippen molar-refractivity contribution in [1.82, 2.24) is 0 Å². The van der Waals surface area contributed by atoms with E-state index in [0.29, 0.717) is 6.42 Å². The van der Waals surface area contributed by atoms with E-state index in [1.54, 1.807) is 19.2 Å². The third-order valence-electron chi connectivity index (χ3n) is 7.10. The summed E-state index contributed by atoms with van der Waals surface area (Å²) in [6, 6.07) is 26.4. The van der Waals surface area contributed by atoms with Crippen LogP contribution in [-0.2, 0) is 18.3 Å². The minimum atomic E-state index is -0.320. The van der Waals surface area contributed by atoms with Crippen molar-refractivity contribution in [2.24, 2.45) is 0 Å². The molecule has 4 aromatic carbocycles. The average molecular weight is 498 g/mol. The van der Waals surface area contributed by atoms with Crippen LogP contribution in [0.3, 0.4) is 0 Å². The van der Waals surface area contributed by atoms with Crippen LogP contribution < -0.4 is 4.74 Å². The Morgan fingerprint density at radius 3 is 2.48 bits per heavy atom. The summed E-state index contributed by atoms with van der Waals surface area (Å²) < 4.78 is 6.55. The number of nitro benzene ring substituents is 1. The number of benzene rings is 4. The normalized spacial score (nSPS) is 17.2. The molecular formula is C28H20BrNO3. The monoisotopic (exact) mass is 497 g/mol. The van der Waals surface area contributed by atoms with E-state index in [1.165, 1.54) is 27.8 Å². The van der Waals surface area contributed by atoms with Gasteiger partial charge in [0, 0.05) is 22.0 Å². The molecule has 0 spiro atoms. The first-order valence-corrected chi connectivity index (χ1v) is 11.6. The smallest absolute Gasteiger partial charge is 0.269 e. The van der Waals surface area contributed by atoms with Crippen molar-refractivity contribution in [2.75, 3.05) is 7.11 Å². The number of fused-ring (bicyclic) bond motifs is 5. The number of ether oxygens (including phenoxy) is 1. The van der Waals surface area contributed by atoms with Crippen molar-refractivity contribution < 1.29 is 9.66 Å². The van der Waals surface area contributed by atoms with Gasteiger partial charge in [0.2, 0.25) is 0 Å². The molecule has 4 nitrogen and oxygen atoms in total. The van der Waals surface area contributed by atoms with Gasteiger partial charge in [-0.05, 0) is 81.6 Å². The third-order valence-corrected chi connectivity index (χ3v) is 7.88. The van der Waals surface area contributed by atoms with Gasteiger partial charge in [0.15, 0.2) is 0 Å². The third kappa shape index (κ3) is 2.89. The topological polar surface area (TPSA) is 52.4 Å². The minimum absolute atomic E-state index is 0.136. The lowest BCUT2D eigenvalue weighted by Gasteiger charge is -2.38. The number of hydrogen-bond acceptors (Lipinski definition) is 3. The van der Waals surface area contributed by atoms with Crippen molar-refractivity contribution in [3.05, 3.63) is 116 Å². The first kappa shape index (κ1) is 20.2. The molecule has 0 bridgehead atoms. The molecule has 4 aromatic rings. The number of nitrogens with zero attached hydrogens (tertiary/aromatic N) is 1. The lowest BCUT2D eigenvalue weighted by Crippen LogP contribution is -2.34. The molecule has 6 rings (SSSR count). The molecule has 5 heteroatoms. The standard InChI is InChI=1S/C28H20BrNO3/c1-33-20-10-12-26(29)18(14-20)16-28-15-17-13-19(30(31)32)9-11-21(17)23-6-4-7-24(27(23)28)22-5-2-3-8-25(22)28/h2-14H,15-16H2,1H3. The van der Waals surface area contributed by atoms with Crippen LogP contribution in [0.1, 0.15) is 22.3 Å². The summed E-state index contributed by atoms with van der Waals surface area (Å²) in [7, 11) is 1.68. The van der Waals surface area contributed by atoms with Gasteiger partial charge in [0.05, 0.1) is 12.0 Å². The lowest BCUT2D eigenvalue weighted by molar-refractivity contribution is -0.384. The molecule has 0 aliphatic heterocycles. The second-order valence-corrected chi connectivity index (χ2v) is 9.62. The average Bonchev–Trinajstić information content (AvgIpc) is 3.11. The van der Waals surface area contributed by atoms with Gasteiger partial charge in [-0.15, -0.1) is 0 Å². The van der Waals surface area contributed by atoms with Gasteiger partial charge in [-0.2, -0.15) is 0 Å². The molecule has 0 amide bonds. The van der Waals surface area contributed by atoms with E-state index >= 15 is 0 Å². The first-order chi connectivity index (χ1) is 16.0. The zero-order chi connectivity index (χ0) is 22.7. The van der Waals surface area contributed by atoms with E-state index in [4.69, 9.17) is 4.74 Å². The highest BCUT2D eigenvalue weighted by Gasteiger charge is 2.48. The van der Waals surface area contributed by atoms with Crippen molar-refractivity contribution in [3.63, 3.8) is 0 Å². The van der Waals surface area contributed by atoms with Crippen molar-refractivity contribution in [3.8, 4) is 28.0 Å². The van der Waals surface area contributed by atoms with E-state index in [-0.39, 0.29) is 16.0 Å². The predicted molar refractivity (Wildman–Crippen MR) is 133 cm³/mol. The molecule has 162 valence electrons. The van der Waals surface area contributed by atoms with Crippen LogP contribution in [0.2, 0.25) is 0 Å². The molecule has 0 heterocycles. The molecule has 0 fully saturated rings. The van der Waals surface area contributed by atoms with Crippen LogP contribution in [-0.4, -0.2) is 12.0 Å². The Hall–Kier alpha value is -3.44. The Balaban J connectivity index is 1.65. The lowest BCUT2D eigenvalue weighted by atomic mass is 9.64. The molecule has 0 radical (unpaired) electrons. The molecule has 0 aromatic heterocycles. The number of hydrogen-bond donors (Lipinski definition) is 0. The molecule has 1 unspecified atom stereocenters. The van der Waals surface area contributed by atoms with Crippen LogP contribution >= 0.6 is 15.9 Å². The molecule has 0 saturated heterocycles. The van der Waals surface area contributed by atoms with E-state index in [2.05, 4.69) is 64.5 Å². The quantitative estimate of drug-likeness (QED) is 0.223. The Morgan fingerprint density at radius 2 is 1.70 bits per heavy atom. The molecule has 0 N–H and O–H groups in total. The van der Waals surface area contributed by atoms with Gasteiger partial charge in [0.25, 0.3) is 5.69 Å². The van der Waals surface area contributed by atoms with Gasteiger partial charge >= 0.3 is 0 Å². The number of non-ortho nitro benzene ring substituents is 1. The van der Waals surface area contributed by atoms with Gasteiger partial charge < -0.3 is 4.74 Å². The van der Waals surface area contributed by atoms with Crippen LogP contribution in [0.5, 0.6) is 5.75 Å². The van der Waals surface area contributed by atoms with Crippen molar-refractivity contribution >= 4 is 21.6 Å². The predicted octanol–water partition coefficient (Wildman–Crippen LogP) is 7.10.